The molecular weight excluding hydrogens is 499 g/mol. The maximum Gasteiger partial charge on any atom is 0.135 e. The second-order valence-corrected chi connectivity index (χ2v) is 11.6. The number of thiophene rings is 1. The van der Waals surface area contributed by atoms with Crippen molar-refractivity contribution in [3.63, 3.8) is 0 Å². The van der Waals surface area contributed by atoms with Crippen LogP contribution in [0, 0.1) is 11.3 Å². The third-order valence-electron chi connectivity index (χ3n) is 6.16. The Morgan fingerprint density at radius 1 is 0.778 bits per heavy atom. The number of rotatable bonds is 3. The number of nitriles is 1. The molecule has 1 aliphatic heterocycles. The molecule has 1 aliphatic rings. The second kappa shape index (κ2) is 8.65. The molecule has 0 unspecified atom stereocenters. The van der Waals surface area contributed by atoms with E-state index in [1.54, 1.807) is 34.4 Å². The molecule has 0 bridgehead atoms. The summed E-state index contributed by atoms with van der Waals surface area (Å²) in [6.45, 7) is 0. The molecule has 0 radical (unpaired) electrons. The zero-order valence-corrected chi connectivity index (χ0v) is 21.3. The fraction of sp³-hybridized carbons (Fsp3) is 0. The highest BCUT2D eigenvalue weighted by Gasteiger charge is 2.25. The Balaban J connectivity index is 1.29. The Bertz CT molecular complexity index is 1760. The lowest BCUT2D eigenvalue weighted by Crippen LogP contribution is -2.13. The van der Waals surface area contributed by atoms with E-state index in [-0.39, 0.29) is 0 Å². The summed E-state index contributed by atoms with van der Waals surface area (Å²) in [4.78, 5) is 10.6. The molecule has 6 aromatic rings. The van der Waals surface area contributed by atoms with Crippen LogP contribution in [0.15, 0.2) is 107 Å². The largest absolute Gasteiger partial charge is 0.300 e. The van der Waals surface area contributed by atoms with Crippen LogP contribution in [-0.2, 0) is 0 Å². The molecule has 36 heavy (non-hydrogen) atoms. The topological polar surface area (TPSA) is 39.9 Å². The number of hydrogen-bond donors (Lipinski definition) is 0. The number of hydrogen-bond acceptors (Lipinski definition) is 6. The van der Waals surface area contributed by atoms with Crippen LogP contribution in [-0.4, -0.2) is 4.98 Å². The van der Waals surface area contributed by atoms with Gasteiger partial charge < -0.3 is 0 Å². The Labute approximate surface area is 220 Å². The molecule has 0 aliphatic carbocycles. The van der Waals surface area contributed by atoms with Crippen molar-refractivity contribution in [2.45, 2.75) is 9.79 Å². The average molecular weight is 516 g/mol. The Morgan fingerprint density at radius 3 is 2.17 bits per heavy atom. The number of thiazole rings is 1. The summed E-state index contributed by atoms with van der Waals surface area (Å²) in [5.41, 5.74) is 3.87. The summed E-state index contributed by atoms with van der Waals surface area (Å²) in [7, 11) is 0. The number of aromatic nitrogens is 1. The van der Waals surface area contributed by atoms with Gasteiger partial charge in [-0.25, -0.2) is 4.98 Å². The van der Waals surface area contributed by atoms with Gasteiger partial charge in [0.2, 0.25) is 0 Å². The molecule has 0 spiro atoms. The maximum absolute atomic E-state index is 10.0. The van der Waals surface area contributed by atoms with Gasteiger partial charge in [-0.1, -0.05) is 60.3 Å². The van der Waals surface area contributed by atoms with Crippen molar-refractivity contribution < 1.29 is 0 Å². The molecule has 4 aromatic carbocycles. The number of benzene rings is 4. The third kappa shape index (κ3) is 3.61. The number of allylic oxidation sites excluding steroid dienone is 1. The van der Waals surface area contributed by atoms with Crippen molar-refractivity contribution in [3.8, 4) is 6.07 Å². The van der Waals surface area contributed by atoms with Crippen molar-refractivity contribution in [1.29, 1.82) is 5.26 Å². The van der Waals surface area contributed by atoms with E-state index in [2.05, 4.69) is 95.9 Å². The van der Waals surface area contributed by atoms with E-state index in [1.165, 1.54) is 26.6 Å². The van der Waals surface area contributed by atoms with Crippen LogP contribution in [0.25, 0.3) is 32.6 Å². The predicted molar refractivity (Wildman–Crippen MR) is 154 cm³/mol. The SMILES string of the molecule is N#C/C(=C\c1ccc(N2c3ccccc3Sc3ccccc32)s1)c1nc2cc3ccccc3cc2s1. The first-order valence-electron chi connectivity index (χ1n) is 11.4. The minimum absolute atomic E-state index is 0.587. The van der Waals surface area contributed by atoms with Crippen LogP contribution < -0.4 is 4.90 Å². The molecule has 0 atom stereocenters. The number of nitrogens with zero attached hydrogens (tertiary/aromatic N) is 3. The number of fused-ring (bicyclic) bond motifs is 4. The van der Waals surface area contributed by atoms with E-state index in [4.69, 9.17) is 4.98 Å². The number of anilines is 3. The zero-order valence-electron chi connectivity index (χ0n) is 18.9. The van der Waals surface area contributed by atoms with Gasteiger partial charge in [-0.15, -0.1) is 22.7 Å². The van der Waals surface area contributed by atoms with E-state index in [0.717, 1.165) is 30.5 Å². The first-order chi connectivity index (χ1) is 17.8. The van der Waals surface area contributed by atoms with E-state index >= 15 is 0 Å². The Kier molecular flexibility index (Phi) is 5.14. The average Bonchev–Trinajstić information content (AvgIpc) is 3.55. The summed E-state index contributed by atoms with van der Waals surface area (Å²) < 4.78 is 1.09. The maximum atomic E-state index is 10.0. The van der Waals surface area contributed by atoms with Gasteiger partial charge in [-0.2, -0.15) is 5.26 Å². The lowest BCUT2D eigenvalue weighted by molar-refractivity contribution is 1.18. The zero-order chi connectivity index (χ0) is 24.1. The first-order valence-corrected chi connectivity index (χ1v) is 13.9. The summed E-state index contributed by atoms with van der Waals surface area (Å²) >= 11 is 5.05. The standard InChI is InChI=1S/C30H17N3S3/c31-18-21(30-32-23-16-19-7-1-2-8-20(19)17-28(23)36-30)15-22-13-14-29(34-22)33-24-9-3-5-11-26(24)35-27-12-6-4-10-25(27)33/h1-17H/b21-15+. The van der Waals surface area contributed by atoms with Crippen molar-refractivity contribution in [2.75, 3.05) is 4.90 Å². The highest BCUT2D eigenvalue weighted by atomic mass is 32.2. The summed E-state index contributed by atoms with van der Waals surface area (Å²) in [5.74, 6) is 0. The molecule has 0 saturated heterocycles. The van der Waals surface area contributed by atoms with Crippen molar-refractivity contribution in [1.82, 2.24) is 4.98 Å². The molecule has 3 nitrogen and oxygen atoms in total. The van der Waals surface area contributed by atoms with E-state index < -0.39 is 0 Å². The van der Waals surface area contributed by atoms with Crippen LogP contribution in [0.4, 0.5) is 16.4 Å². The quantitative estimate of drug-likeness (QED) is 0.220. The Morgan fingerprint density at radius 2 is 1.44 bits per heavy atom. The van der Waals surface area contributed by atoms with E-state index in [1.807, 2.05) is 18.2 Å². The lowest BCUT2D eigenvalue weighted by atomic mass is 10.1. The molecular formula is C30H17N3S3. The monoisotopic (exact) mass is 515 g/mol. The van der Waals surface area contributed by atoms with E-state index in [0.29, 0.717) is 5.57 Å². The summed E-state index contributed by atoms with van der Waals surface area (Å²) in [6, 6.07) is 36.2. The molecule has 170 valence electrons. The molecule has 0 saturated carbocycles. The van der Waals surface area contributed by atoms with Gasteiger partial charge in [0, 0.05) is 14.7 Å². The smallest absolute Gasteiger partial charge is 0.135 e. The van der Waals surface area contributed by atoms with Crippen LogP contribution >= 0.6 is 34.4 Å². The van der Waals surface area contributed by atoms with Gasteiger partial charge in [0.05, 0.1) is 27.2 Å². The first kappa shape index (κ1) is 21.4. The minimum atomic E-state index is 0.587. The fourth-order valence-electron chi connectivity index (χ4n) is 4.49. The molecule has 6 heteroatoms. The molecule has 2 aromatic heterocycles. The van der Waals surface area contributed by atoms with Gasteiger partial charge in [0.15, 0.2) is 0 Å². The van der Waals surface area contributed by atoms with Gasteiger partial charge in [-0.05, 0) is 65.4 Å². The summed E-state index contributed by atoms with van der Waals surface area (Å²) in [5, 5.41) is 14.2. The normalized spacial score (nSPS) is 13.0. The van der Waals surface area contributed by atoms with Crippen LogP contribution in [0.2, 0.25) is 0 Å². The molecule has 7 rings (SSSR count). The van der Waals surface area contributed by atoms with Gasteiger partial charge in [-0.3, -0.25) is 4.90 Å². The lowest BCUT2D eigenvalue weighted by Gasteiger charge is -2.31. The van der Waals surface area contributed by atoms with Crippen molar-refractivity contribution in [2.24, 2.45) is 0 Å². The summed E-state index contributed by atoms with van der Waals surface area (Å²) in [6.07, 6.45) is 1.96. The van der Waals surface area contributed by atoms with Crippen LogP contribution in [0.3, 0.4) is 0 Å². The second-order valence-electron chi connectivity index (χ2n) is 8.40. The van der Waals surface area contributed by atoms with Crippen molar-refractivity contribution in [3.05, 3.63) is 107 Å². The third-order valence-corrected chi connectivity index (χ3v) is 9.36. The minimum Gasteiger partial charge on any atom is -0.300 e. The highest BCUT2D eigenvalue weighted by molar-refractivity contribution is 7.99. The van der Waals surface area contributed by atoms with Crippen molar-refractivity contribution >= 4 is 83.4 Å². The predicted octanol–water partition coefficient (Wildman–Crippen LogP) is 9.51. The molecule has 3 heterocycles. The van der Waals surface area contributed by atoms with Gasteiger partial charge in [0.1, 0.15) is 16.1 Å². The molecule has 0 fully saturated rings. The Hall–Kier alpha value is -3.89. The molecule has 0 N–H and O–H groups in total. The van der Waals surface area contributed by atoms with Crippen LogP contribution in [0.5, 0.6) is 0 Å². The van der Waals surface area contributed by atoms with Gasteiger partial charge in [0.25, 0.3) is 0 Å². The van der Waals surface area contributed by atoms with E-state index in [9.17, 15) is 5.26 Å². The number of para-hydroxylation sites is 2. The molecule has 0 amide bonds. The van der Waals surface area contributed by atoms with Crippen LogP contribution in [0.1, 0.15) is 9.88 Å². The van der Waals surface area contributed by atoms with Gasteiger partial charge >= 0.3 is 0 Å². The highest BCUT2D eigenvalue weighted by Crippen LogP contribution is 2.52. The fourth-order valence-corrected chi connectivity index (χ4v) is 7.49.